The molecule has 4 rings (SSSR count). The Morgan fingerprint density at radius 1 is 0.743 bits per heavy atom. The van der Waals surface area contributed by atoms with Crippen molar-refractivity contribution >= 4 is 6.08 Å². The first-order valence-electron chi connectivity index (χ1n) is 10.8. The molecule has 4 aromatic rings. The van der Waals surface area contributed by atoms with Crippen LogP contribution in [0.3, 0.4) is 0 Å². The third-order valence-electron chi connectivity index (χ3n) is 5.04. The van der Waals surface area contributed by atoms with Crippen LogP contribution < -0.4 is 14.2 Å². The van der Waals surface area contributed by atoms with E-state index in [1.165, 1.54) is 18.2 Å². The van der Waals surface area contributed by atoms with Crippen LogP contribution in [0.4, 0.5) is 13.2 Å². The molecule has 178 valence electrons. The van der Waals surface area contributed by atoms with Crippen LogP contribution >= 0.6 is 0 Å². The number of hydrogen-bond donors (Lipinski definition) is 0. The van der Waals surface area contributed by atoms with E-state index in [1.807, 2.05) is 60.7 Å². The van der Waals surface area contributed by atoms with Gasteiger partial charge >= 0.3 is 6.36 Å². The van der Waals surface area contributed by atoms with E-state index in [9.17, 15) is 13.2 Å². The minimum atomic E-state index is -4.86. The molecule has 0 aliphatic rings. The standard InChI is InChI=1S/C28H22F3NO3/c1-2-20-13-15-25(35-28(29,30)31)24(17-20)23-14-16-26(33-18-21-9-5-3-6-10-21)32-27(23)34-19-22-11-7-4-8-12-22/h2-17H,1,18-19H2. The second kappa shape index (κ2) is 10.8. The number of pyridine rings is 1. The molecule has 0 saturated heterocycles. The molecule has 3 aromatic carbocycles. The molecule has 0 bridgehead atoms. The van der Waals surface area contributed by atoms with Crippen molar-refractivity contribution in [2.75, 3.05) is 0 Å². The van der Waals surface area contributed by atoms with Gasteiger partial charge in [-0.25, -0.2) is 0 Å². The van der Waals surface area contributed by atoms with E-state index >= 15 is 0 Å². The summed E-state index contributed by atoms with van der Waals surface area (Å²) in [6.07, 6.45) is -3.32. The molecule has 0 saturated carbocycles. The van der Waals surface area contributed by atoms with Gasteiger partial charge in [0.25, 0.3) is 0 Å². The molecule has 35 heavy (non-hydrogen) atoms. The molecule has 0 amide bonds. The van der Waals surface area contributed by atoms with Crippen molar-refractivity contribution in [1.82, 2.24) is 4.98 Å². The molecule has 0 N–H and O–H groups in total. The van der Waals surface area contributed by atoms with Crippen molar-refractivity contribution in [3.05, 3.63) is 114 Å². The molecule has 0 radical (unpaired) electrons. The Morgan fingerprint density at radius 3 is 1.97 bits per heavy atom. The first kappa shape index (κ1) is 23.9. The van der Waals surface area contributed by atoms with Crippen LogP contribution in [0.1, 0.15) is 16.7 Å². The zero-order valence-corrected chi connectivity index (χ0v) is 18.7. The number of alkyl halides is 3. The van der Waals surface area contributed by atoms with Crippen LogP contribution in [0.2, 0.25) is 0 Å². The van der Waals surface area contributed by atoms with Gasteiger partial charge in [-0.15, -0.1) is 13.2 Å². The number of benzene rings is 3. The van der Waals surface area contributed by atoms with Crippen molar-refractivity contribution in [2.45, 2.75) is 19.6 Å². The van der Waals surface area contributed by atoms with Gasteiger partial charge in [0.2, 0.25) is 11.8 Å². The largest absolute Gasteiger partial charge is 0.573 e. The maximum atomic E-state index is 13.1. The maximum Gasteiger partial charge on any atom is 0.573 e. The van der Waals surface area contributed by atoms with Crippen LogP contribution in [0.15, 0.2) is 97.6 Å². The fourth-order valence-corrected chi connectivity index (χ4v) is 3.38. The first-order valence-corrected chi connectivity index (χ1v) is 10.8. The molecule has 1 heterocycles. The quantitative estimate of drug-likeness (QED) is 0.251. The Labute approximate surface area is 201 Å². The monoisotopic (exact) mass is 477 g/mol. The van der Waals surface area contributed by atoms with Crippen molar-refractivity contribution in [2.24, 2.45) is 0 Å². The molecule has 0 unspecified atom stereocenters. The molecular formula is C28H22F3NO3. The minimum absolute atomic E-state index is 0.118. The lowest BCUT2D eigenvalue weighted by Crippen LogP contribution is -2.17. The Bertz CT molecular complexity index is 1280. The highest BCUT2D eigenvalue weighted by molar-refractivity contribution is 5.77. The fraction of sp³-hybridized carbons (Fsp3) is 0.107. The molecular weight excluding hydrogens is 455 g/mol. The van der Waals surface area contributed by atoms with E-state index in [4.69, 9.17) is 9.47 Å². The molecule has 0 atom stereocenters. The highest BCUT2D eigenvalue weighted by Gasteiger charge is 2.32. The maximum absolute atomic E-state index is 13.1. The second-order valence-electron chi connectivity index (χ2n) is 7.56. The van der Waals surface area contributed by atoms with Crippen molar-refractivity contribution < 1.29 is 27.4 Å². The lowest BCUT2D eigenvalue weighted by atomic mass is 10.0. The van der Waals surface area contributed by atoms with Gasteiger partial charge in [0.1, 0.15) is 19.0 Å². The Kier molecular flexibility index (Phi) is 7.35. The average Bonchev–Trinajstić information content (AvgIpc) is 2.87. The summed E-state index contributed by atoms with van der Waals surface area (Å²) in [5.41, 5.74) is 2.95. The van der Waals surface area contributed by atoms with Crippen LogP contribution in [-0.4, -0.2) is 11.3 Å². The normalized spacial score (nSPS) is 11.1. The summed E-state index contributed by atoms with van der Waals surface area (Å²) >= 11 is 0. The van der Waals surface area contributed by atoms with Gasteiger partial charge in [0.05, 0.1) is 0 Å². The molecule has 0 fully saturated rings. The van der Waals surface area contributed by atoms with E-state index in [-0.39, 0.29) is 36.3 Å². The van der Waals surface area contributed by atoms with Gasteiger partial charge in [-0.05, 0) is 34.9 Å². The van der Waals surface area contributed by atoms with Crippen LogP contribution in [0.5, 0.6) is 17.5 Å². The highest BCUT2D eigenvalue weighted by atomic mass is 19.4. The highest BCUT2D eigenvalue weighted by Crippen LogP contribution is 2.40. The summed E-state index contributed by atoms with van der Waals surface area (Å²) in [5.74, 6) is 0.0268. The Morgan fingerprint density at radius 2 is 1.37 bits per heavy atom. The lowest BCUT2D eigenvalue weighted by Gasteiger charge is -2.17. The number of hydrogen-bond acceptors (Lipinski definition) is 4. The van der Waals surface area contributed by atoms with E-state index < -0.39 is 6.36 Å². The second-order valence-corrected chi connectivity index (χ2v) is 7.56. The van der Waals surface area contributed by atoms with E-state index in [0.29, 0.717) is 11.1 Å². The van der Waals surface area contributed by atoms with Gasteiger partial charge in [-0.2, -0.15) is 4.98 Å². The fourth-order valence-electron chi connectivity index (χ4n) is 3.38. The Hall–Kier alpha value is -4.26. The topological polar surface area (TPSA) is 40.6 Å². The van der Waals surface area contributed by atoms with E-state index in [2.05, 4.69) is 16.3 Å². The zero-order valence-electron chi connectivity index (χ0n) is 18.7. The van der Waals surface area contributed by atoms with Gasteiger partial charge in [-0.3, -0.25) is 0 Å². The predicted octanol–water partition coefficient (Wildman–Crippen LogP) is 7.45. The number of halogens is 3. The van der Waals surface area contributed by atoms with E-state index in [1.54, 1.807) is 18.2 Å². The third kappa shape index (κ3) is 6.63. The summed E-state index contributed by atoms with van der Waals surface area (Å²) in [7, 11) is 0. The zero-order chi connectivity index (χ0) is 24.7. The predicted molar refractivity (Wildman–Crippen MR) is 128 cm³/mol. The van der Waals surface area contributed by atoms with Crippen LogP contribution in [0.25, 0.3) is 17.2 Å². The van der Waals surface area contributed by atoms with Gasteiger partial charge < -0.3 is 14.2 Å². The average molecular weight is 477 g/mol. The summed E-state index contributed by atoms with van der Waals surface area (Å²) in [4.78, 5) is 4.47. The van der Waals surface area contributed by atoms with Gasteiger partial charge in [0, 0.05) is 17.2 Å². The van der Waals surface area contributed by atoms with Gasteiger partial charge in [0.15, 0.2) is 0 Å². The van der Waals surface area contributed by atoms with Crippen molar-refractivity contribution in [3.63, 3.8) is 0 Å². The third-order valence-corrected chi connectivity index (χ3v) is 5.04. The van der Waals surface area contributed by atoms with E-state index in [0.717, 1.165) is 11.1 Å². The lowest BCUT2D eigenvalue weighted by molar-refractivity contribution is -0.274. The number of nitrogens with zero attached hydrogens (tertiary/aromatic N) is 1. The number of ether oxygens (including phenoxy) is 3. The minimum Gasteiger partial charge on any atom is -0.473 e. The summed E-state index contributed by atoms with van der Waals surface area (Å²) in [6, 6.07) is 26.4. The SMILES string of the molecule is C=Cc1ccc(OC(F)(F)F)c(-c2ccc(OCc3ccccc3)nc2OCc2ccccc2)c1. The molecule has 1 aromatic heterocycles. The molecule has 0 spiro atoms. The smallest absolute Gasteiger partial charge is 0.473 e. The van der Waals surface area contributed by atoms with Crippen LogP contribution in [-0.2, 0) is 13.2 Å². The summed E-state index contributed by atoms with van der Waals surface area (Å²) in [5, 5.41) is 0. The van der Waals surface area contributed by atoms with Crippen molar-refractivity contribution in [1.29, 1.82) is 0 Å². The molecule has 0 aliphatic carbocycles. The van der Waals surface area contributed by atoms with Crippen molar-refractivity contribution in [3.8, 4) is 28.6 Å². The summed E-state index contributed by atoms with van der Waals surface area (Å²) in [6.45, 7) is 4.15. The van der Waals surface area contributed by atoms with Gasteiger partial charge in [-0.1, -0.05) is 79.4 Å². The first-order chi connectivity index (χ1) is 16.9. The molecule has 4 nitrogen and oxygen atoms in total. The number of aromatic nitrogens is 1. The molecule has 0 aliphatic heterocycles. The Balaban J connectivity index is 1.71. The molecule has 7 heteroatoms. The van der Waals surface area contributed by atoms with Crippen LogP contribution in [0, 0.1) is 0 Å². The number of rotatable bonds is 9. The summed E-state index contributed by atoms with van der Waals surface area (Å²) < 4.78 is 55.4.